The fourth-order valence-corrected chi connectivity index (χ4v) is 2.44. The molecule has 0 atom stereocenters. The minimum Gasteiger partial charge on any atom is -1.00 e. The van der Waals surface area contributed by atoms with Gasteiger partial charge in [0.05, 0.1) is 0 Å². The maximum Gasteiger partial charge on any atom is 4.00 e. The second-order valence-electron chi connectivity index (χ2n) is 5.70. The van der Waals surface area contributed by atoms with Crippen molar-refractivity contribution in [2.45, 2.75) is 25.9 Å². The Morgan fingerprint density at radius 2 is 0.964 bits per heavy atom. The Morgan fingerprint density at radius 1 is 0.643 bits per heavy atom. The van der Waals surface area contributed by atoms with E-state index in [-0.39, 0.29) is 51.0 Å². The Kier molecular flexibility index (Phi) is 19.0. The van der Waals surface area contributed by atoms with E-state index in [1.165, 1.54) is 22.3 Å². The molecular formula is C24H25Cl2SiZr. The minimum atomic E-state index is 0. The smallest absolute Gasteiger partial charge is 1.00 e. The Morgan fingerprint density at radius 3 is 1.21 bits per heavy atom. The molecule has 2 aliphatic rings. The fraction of sp³-hybridized carbons (Fsp3) is 0.167. The summed E-state index contributed by atoms with van der Waals surface area (Å²) in [4.78, 5) is 0. The van der Waals surface area contributed by atoms with E-state index in [2.05, 4.69) is 98.1 Å². The number of rotatable bonds is 2. The molecule has 0 unspecified atom stereocenters. The van der Waals surface area contributed by atoms with Gasteiger partial charge in [0, 0.05) is 9.52 Å². The van der Waals surface area contributed by atoms with Crippen molar-refractivity contribution in [2.24, 2.45) is 0 Å². The van der Waals surface area contributed by atoms with Gasteiger partial charge in [-0.15, -0.1) is 47.5 Å². The minimum absolute atomic E-state index is 0. The Bertz CT molecular complexity index is 685. The third-order valence-electron chi connectivity index (χ3n) is 3.56. The Labute approximate surface area is 204 Å². The standard InChI is InChI=1S/2C11H9.C2H7Si.2ClH.Zr/c2*1-2-6-10(7-3-1)11-8-4-5-9-11;1-3-2;;;/h2*1-4,6-8H,5H2;3H,1-2H3;2*1H;/q2*-1;;;;+4/p-2. The molecule has 0 aromatic heterocycles. The molecule has 0 aliphatic heterocycles. The van der Waals surface area contributed by atoms with Gasteiger partial charge in [-0.05, 0) is 0 Å². The molecule has 2 aromatic rings. The first kappa shape index (κ1) is 29.3. The van der Waals surface area contributed by atoms with Gasteiger partial charge in [-0.2, -0.15) is 35.5 Å². The van der Waals surface area contributed by atoms with Crippen LogP contribution in [0.2, 0.25) is 13.1 Å². The van der Waals surface area contributed by atoms with Crippen molar-refractivity contribution in [3.63, 3.8) is 0 Å². The monoisotopic (exact) mass is 501 g/mol. The van der Waals surface area contributed by atoms with Crippen LogP contribution in [0.3, 0.4) is 0 Å². The molecule has 4 heteroatoms. The van der Waals surface area contributed by atoms with E-state index >= 15 is 0 Å². The van der Waals surface area contributed by atoms with Crippen LogP contribution in [0, 0.1) is 12.2 Å². The molecule has 0 spiro atoms. The van der Waals surface area contributed by atoms with Gasteiger partial charge in [-0.25, -0.2) is 0 Å². The van der Waals surface area contributed by atoms with E-state index in [4.69, 9.17) is 0 Å². The zero-order valence-electron chi connectivity index (χ0n) is 16.3. The second kappa shape index (κ2) is 18.1. The van der Waals surface area contributed by atoms with Crippen LogP contribution in [0.4, 0.5) is 0 Å². The first-order valence-corrected chi connectivity index (χ1v) is 11.1. The molecule has 0 bridgehead atoms. The van der Waals surface area contributed by atoms with Crippen LogP contribution in [0.25, 0.3) is 11.1 Å². The van der Waals surface area contributed by atoms with E-state index < -0.39 is 0 Å². The summed E-state index contributed by atoms with van der Waals surface area (Å²) in [5, 5.41) is 0. The molecule has 0 N–H and O–H groups in total. The van der Waals surface area contributed by atoms with E-state index in [0.717, 1.165) is 22.4 Å². The maximum absolute atomic E-state index is 3.28. The Hall–Kier alpha value is -0.920. The van der Waals surface area contributed by atoms with Crippen LogP contribution in [-0.4, -0.2) is 9.52 Å². The van der Waals surface area contributed by atoms with Crippen molar-refractivity contribution in [1.82, 2.24) is 0 Å². The molecule has 28 heavy (non-hydrogen) atoms. The first-order valence-electron chi connectivity index (χ1n) is 8.74. The van der Waals surface area contributed by atoms with Gasteiger partial charge in [-0.3, -0.25) is 0 Å². The van der Waals surface area contributed by atoms with Gasteiger partial charge in [0.15, 0.2) is 0 Å². The van der Waals surface area contributed by atoms with E-state index in [1.807, 2.05) is 12.1 Å². The average molecular weight is 504 g/mol. The predicted octanol–water partition coefficient (Wildman–Crippen LogP) is 0.191. The van der Waals surface area contributed by atoms with Crippen LogP contribution < -0.4 is 24.8 Å². The van der Waals surface area contributed by atoms with Crippen molar-refractivity contribution in [1.29, 1.82) is 0 Å². The van der Waals surface area contributed by atoms with Gasteiger partial charge in [-0.1, -0.05) is 62.3 Å². The summed E-state index contributed by atoms with van der Waals surface area (Å²) >= 11 is 0. The molecule has 2 aromatic carbocycles. The van der Waals surface area contributed by atoms with Crippen LogP contribution in [0.5, 0.6) is 0 Å². The third-order valence-corrected chi connectivity index (χ3v) is 3.56. The molecule has 0 amide bonds. The molecule has 0 saturated carbocycles. The summed E-state index contributed by atoms with van der Waals surface area (Å²) in [6, 6.07) is 20.7. The van der Waals surface area contributed by atoms with Gasteiger partial charge in [0.2, 0.25) is 0 Å². The molecule has 143 valence electrons. The van der Waals surface area contributed by atoms with Crippen molar-refractivity contribution in [3.8, 4) is 0 Å². The topological polar surface area (TPSA) is 0 Å². The largest absolute Gasteiger partial charge is 4.00 e. The SMILES string of the molecule is C[SiH]C.[C-]1=C(c2ccccc2)C=CC1.[C-]1=C(c2ccccc2)C=CC1.[Cl-].[Cl-].[Zr+4]. The summed E-state index contributed by atoms with van der Waals surface area (Å²) in [7, 11) is 0.750. The van der Waals surface area contributed by atoms with Crippen LogP contribution in [0.1, 0.15) is 24.0 Å². The van der Waals surface area contributed by atoms with Crippen molar-refractivity contribution in [3.05, 3.63) is 108 Å². The molecule has 4 rings (SSSR count). The zero-order valence-corrected chi connectivity index (χ0v) is 21.5. The van der Waals surface area contributed by atoms with Gasteiger partial charge >= 0.3 is 26.2 Å². The van der Waals surface area contributed by atoms with Crippen molar-refractivity contribution in [2.75, 3.05) is 0 Å². The van der Waals surface area contributed by atoms with Crippen LogP contribution in [-0.2, 0) is 26.2 Å². The number of hydrogen-bond donors (Lipinski definition) is 0. The number of hydrogen-bond acceptors (Lipinski definition) is 0. The number of allylic oxidation sites excluding steroid dienone is 8. The van der Waals surface area contributed by atoms with E-state index in [1.54, 1.807) is 0 Å². The normalized spacial score (nSPS) is 12.5. The second-order valence-corrected chi connectivity index (χ2v) is 6.86. The molecule has 0 nitrogen and oxygen atoms in total. The predicted molar refractivity (Wildman–Crippen MR) is 113 cm³/mol. The molecule has 2 aliphatic carbocycles. The Balaban J connectivity index is 0. The zero-order chi connectivity index (χ0) is 17.7. The fourth-order valence-electron chi connectivity index (χ4n) is 2.44. The first-order chi connectivity index (χ1) is 12.3. The van der Waals surface area contributed by atoms with E-state index in [0.29, 0.717) is 0 Å². The van der Waals surface area contributed by atoms with Crippen LogP contribution >= 0.6 is 0 Å². The van der Waals surface area contributed by atoms with Gasteiger partial charge < -0.3 is 24.8 Å². The molecule has 1 radical (unpaired) electrons. The molecular weight excluding hydrogens is 478 g/mol. The summed E-state index contributed by atoms with van der Waals surface area (Å²) in [5.41, 5.74) is 4.98. The number of halogens is 2. The molecule has 0 fully saturated rings. The summed E-state index contributed by atoms with van der Waals surface area (Å²) in [6.45, 7) is 4.42. The summed E-state index contributed by atoms with van der Waals surface area (Å²) < 4.78 is 0. The van der Waals surface area contributed by atoms with Gasteiger partial charge in [0.25, 0.3) is 0 Å². The maximum atomic E-state index is 3.28. The quantitative estimate of drug-likeness (QED) is 0.406. The van der Waals surface area contributed by atoms with Gasteiger partial charge in [0.1, 0.15) is 0 Å². The molecule has 0 saturated heterocycles. The van der Waals surface area contributed by atoms with Crippen LogP contribution in [0.15, 0.2) is 85.0 Å². The third kappa shape index (κ3) is 10.6. The summed E-state index contributed by atoms with van der Waals surface area (Å²) in [5.74, 6) is 0. The average Bonchev–Trinajstić information content (AvgIpc) is 3.39. The summed E-state index contributed by atoms with van der Waals surface area (Å²) in [6.07, 6.45) is 17.0. The van der Waals surface area contributed by atoms with Crippen molar-refractivity contribution < 1.29 is 51.0 Å². The molecule has 0 heterocycles. The van der Waals surface area contributed by atoms with E-state index in [9.17, 15) is 0 Å². The number of benzene rings is 2. The van der Waals surface area contributed by atoms with Crippen molar-refractivity contribution >= 4 is 20.7 Å².